The predicted octanol–water partition coefficient (Wildman–Crippen LogP) is 4.05. The number of nitrogens with zero attached hydrogens (tertiary/aromatic N) is 1. The number of hydrogen-bond acceptors (Lipinski definition) is 3. The van der Waals surface area contributed by atoms with Gasteiger partial charge in [-0.2, -0.15) is 0 Å². The number of benzene rings is 1. The van der Waals surface area contributed by atoms with E-state index in [1.54, 1.807) is 18.3 Å². The molecule has 1 N–H and O–H groups in total. The second-order valence-corrected chi connectivity index (χ2v) is 4.68. The molecule has 0 atom stereocenters. The van der Waals surface area contributed by atoms with Gasteiger partial charge in [0.15, 0.2) is 0 Å². The molecule has 1 heterocycles. The van der Waals surface area contributed by atoms with Crippen LogP contribution in [0, 0.1) is 0 Å². The molecule has 0 radical (unpaired) electrons. The van der Waals surface area contributed by atoms with Crippen LogP contribution in [0.3, 0.4) is 0 Å². The minimum atomic E-state index is -0.338. The molecular weight excluding hydrogens is 276 g/mol. The maximum absolute atomic E-state index is 11.8. The van der Waals surface area contributed by atoms with E-state index in [1.165, 1.54) is 0 Å². The van der Waals surface area contributed by atoms with Gasteiger partial charge in [0.05, 0.1) is 6.61 Å². The van der Waals surface area contributed by atoms with E-state index in [9.17, 15) is 4.79 Å². The second-order valence-electron chi connectivity index (χ2n) is 4.68. The Balaban J connectivity index is 0.000000745. The third kappa shape index (κ3) is 5.50. The smallest absolute Gasteiger partial charge is 0.269 e. The molecule has 1 aromatic carbocycles. The number of carbonyl (C=O) groups excluding carboxylic acids is 1. The molecule has 4 heteroatoms. The van der Waals surface area contributed by atoms with E-state index in [4.69, 9.17) is 4.84 Å². The third-order valence-corrected chi connectivity index (χ3v) is 2.82. The zero-order valence-electron chi connectivity index (χ0n) is 13.3. The molecule has 0 saturated heterocycles. The van der Waals surface area contributed by atoms with Crippen LogP contribution in [0.1, 0.15) is 31.3 Å². The number of rotatable bonds is 4. The zero-order valence-corrected chi connectivity index (χ0v) is 13.3. The molecule has 0 unspecified atom stereocenters. The molecule has 0 spiro atoms. The summed E-state index contributed by atoms with van der Waals surface area (Å²) < 4.78 is 0. The van der Waals surface area contributed by atoms with E-state index in [2.05, 4.69) is 17.0 Å². The summed E-state index contributed by atoms with van der Waals surface area (Å²) in [6, 6.07) is 9.51. The van der Waals surface area contributed by atoms with Gasteiger partial charge < -0.3 is 0 Å². The van der Waals surface area contributed by atoms with Crippen molar-refractivity contribution in [1.29, 1.82) is 0 Å². The molecular formula is C18H22N2O2. The molecule has 1 amide bonds. The summed E-state index contributed by atoms with van der Waals surface area (Å²) in [5, 5.41) is 1.98. The molecule has 0 aliphatic rings. The monoisotopic (exact) mass is 298 g/mol. The molecule has 0 aliphatic heterocycles. The van der Waals surface area contributed by atoms with Crippen molar-refractivity contribution in [3.05, 3.63) is 66.5 Å². The van der Waals surface area contributed by atoms with Crippen molar-refractivity contribution >= 4 is 16.7 Å². The van der Waals surface area contributed by atoms with Crippen molar-refractivity contribution in [2.24, 2.45) is 0 Å². The quantitative estimate of drug-likeness (QED) is 0.684. The molecule has 0 aliphatic carbocycles. The van der Waals surface area contributed by atoms with Crippen LogP contribution in [0.4, 0.5) is 0 Å². The van der Waals surface area contributed by atoms with Crippen molar-refractivity contribution in [2.75, 3.05) is 6.61 Å². The summed E-state index contributed by atoms with van der Waals surface area (Å²) in [5.41, 5.74) is 3.78. The summed E-state index contributed by atoms with van der Waals surface area (Å²) in [4.78, 5) is 21.1. The minimum Gasteiger partial charge on any atom is -0.269 e. The summed E-state index contributed by atoms with van der Waals surface area (Å²) >= 11 is 0. The highest BCUT2D eigenvalue weighted by atomic mass is 16.6. The Hall–Kier alpha value is -2.46. The first-order valence-corrected chi connectivity index (χ1v) is 7.08. The number of fused-ring (bicyclic) bond motifs is 1. The van der Waals surface area contributed by atoms with Crippen LogP contribution in [0.25, 0.3) is 10.8 Å². The van der Waals surface area contributed by atoms with Crippen molar-refractivity contribution in [1.82, 2.24) is 10.5 Å². The van der Waals surface area contributed by atoms with Gasteiger partial charge in [0, 0.05) is 11.6 Å². The molecule has 22 heavy (non-hydrogen) atoms. The molecule has 2 rings (SSSR count). The largest absolute Gasteiger partial charge is 0.293 e. The fraction of sp³-hybridized carbons (Fsp3) is 0.222. The first kappa shape index (κ1) is 17.6. The summed E-state index contributed by atoms with van der Waals surface area (Å²) in [5.74, 6) is -0.338. The Morgan fingerprint density at radius 2 is 1.95 bits per heavy atom. The number of hydrogen-bond donors (Lipinski definition) is 1. The number of hydroxylamine groups is 1. The van der Waals surface area contributed by atoms with Crippen molar-refractivity contribution in [3.8, 4) is 0 Å². The van der Waals surface area contributed by atoms with Gasteiger partial charge in [-0.15, -0.1) is 6.58 Å². The fourth-order valence-corrected chi connectivity index (χ4v) is 1.56. The highest BCUT2D eigenvalue weighted by Crippen LogP contribution is 2.13. The first-order valence-electron chi connectivity index (χ1n) is 7.08. The Morgan fingerprint density at radius 3 is 2.59 bits per heavy atom. The normalized spacial score (nSPS) is 10.6. The zero-order chi connectivity index (χ0) is 16.4. The molecule has 4 nitrogen and oxygen atoms in total. The Bertz CT molecular complexity index is 663. The number of carbonyl (C=O) groups is 1. The molecule has 1 aromatic heterocycles. The average molecular weight is 298 g/mol. The maximum Gasteiger partial charge on any atom is 0.293 e. The molecule has 2 aromatic rings. The van der Waals surface area contributed by atoms with Gasteiger partial charge in [-0.1, -0.05) is 36.4 Å². The lowest BCUT2D eigenvalue weighted by molar-refractivity contribution is 0.0395. The number of allylic oxidation sites excluding steroid dienone is 2. The Kier molecular flexibility index (Phi) is 7.57. The van der Waals surface area contributed by atoms with Crippen LogP contribution in [-0.2, 0) is 4.84 Å². The average Bonchev–Trinajstić information content (AvgIpc) is 2.54. The summed E-state index contributed by atoms with van der Waals surface area (Å²) in [6.07, 6.45) is 5.36. The van der Waals surface area contributed by atoms with Crippen molar-refractivity contribution < 1.29 is 9.63 Å². The molecule has 0 saturated carbocycles. The topological polar surface area (TPSA) is 51.2 Å². The van der Waals surface area contributed by atoms with Crippen molar-refractivity contribution in [2.45, 2.75) is 20.8 Å². The van der Waals surface area contributed by atoms with E-state index in [0.717, 1.165) is 16.3 Å². The standard InChI is InChI=1S/C15H16N2O2.C3H6/c1-3-11(2)10-19-17-15(18)14-8-12-6-4-5-7-13(12)9-16-14;1-3-2/h3-9H,10H2,1-2H3,(H,17,18);3H,1H2,2H3/b11-3+;. The van der Waals surface area contributed by atoms with E-state index >= 15 is 0 Å². The fourth-order valence-electron chi connectivity index (χ4n) is 1.56. The van der Waals surface area contributed by atoms with Crippen LogP contribution in [0.15, 0.2) is 60.8 Å². The van der Waals surface area contributed by atoms with Gasteiger partial charge in [-0.05, 0) is 37.8 Å². The van der Waals surface area contributed by atoms with E-state index in [0.29, 0.717) is 12.3 Å². The Labute approximate surface area is 131 Å². The summed E-state index contributed by atoms with van der Waals surface area (Å²) in [7, 11) is 0. The van der Waals surface area contributed by atoms with Crippen LogP contribution in [-0.4, -0.2) is 17.5 Å². The lowest BCUT2D eigenvalue weighted by Crippen LogP contribution is -2.25. The van der Waals surface area contributed by atoms with Gasteiger partial charge >= 0.3 is 0 Å². The van der Waals surface area contributed by atoms with E-state index in [-0.39, 0.29) is 5.91 Å². The van der Waals surface area contributed by atoms with Gasteiger partial charge in [-0.25, -0.2) is 5.48 Å². The third-order valence-electron chi connectivity index (χ3n) is 2.82. The molecule has 0 bridgehead atoms. The second kappa shape index (κ2) is 9.47. The number of pyridine rings is 1. The van der Waals surface area contributed by atoms with E-state index < -0.39 is 0 Å². The SMILES string of the molecule is C/C=C(\C)CONC(=O)c1cc2ccccc2cn1.C=CC. The minimum absolute atomic E-state index is 0.338. The molecule has 116 valence electrons. The summed E-state index contributed by atoms with van der Waals surface area (Å²) in [6.45, 7) is 9.47. The van der Waals surface area contributed by atoms with Crippen molar-refractivity contribution in [3.63, 3.8) is 0 Å². The predicted molar refractivity (Wildman–Crippen MR) is 90.5 cm³/mol. The van der Waals surface area contributed by atoms with Gasteiger partial charge in [0.25, 0.3) is 5.91 Å². The number of aromatic nitrogens is 1. The van der Waals surface area contributed by atoms with Crippen LogP contribution in [0.2, 0.25) is 0 Å². The van der Waals surface area contributed by atoms with Crippen LogP contribution in [0.5, 0.6) is 0 Å². The Morgan fingerprint density at radius 1 is 1.32 bits per heavy atom. The molecule has 0 fully saturated rings. The first-order chi connectivity index (χ1) is 10.6. The number of nitrogens with one attached hydrogen (secondary N) is 1. The van der Waals surface area contributed by atoms with Gasteiger partial charge in [0.1, 0.15) is 5.69 Å². The lowest BCUT2D eigenvalue weighted by atomic mass is 10.1. The highest BCUT2D eigenvalue weighted by Gasteiger charge is 2.07. The van der Waals surface area contributed by atoms with E-state index in [1.807, 2.05) is 51.1 Å². The highest BCUT2D eigenvalue weighted by molar-refractivity contribution is 5.95. The maximum atomic E-state index is 11.8. The van der Waals surface area contributed by atoms with Crippen LogP contribution >= 0.6 is 0 Å². The van der Waals surface area contributed by atoms with Gasteiger partial charge in [-0.3, -0.25) is 14.6 Å². The lowest BCUT2D eigenvalue weighted by Gasteiger charge is -2.06. The van der Waals surface area contributed by atoms with Gasteiger partial charge in [0.2, 0.25) is 0 Å². The van der Waals surface area contributed by atoms with Crippen LogP contribution < -0.4 is 5.48 Å². The number of amides is 1.